The van der Waals surface area contributed by atoms with Gasteiger partial charge in [0.05, 0.1) is 0 Å². The van der Waals surface area contributed by atoms with E-state index < -0.39 is 0 Å². The number of aryl methyl sites for hydroxylation is 1. The number of rotatable bonds is 4. The minimum atomic E-state index is -0.0296. The van der Waals surface area contributed by atoms with Gasteiger partial charge in [-0.2, -0.15) is 0 Å². The number of aromatic nitrogens is 1. The van der Waals surface area contributed by atoms with Crippen molar-refractivity contribution in [1.82, 2.24) is 4.57 Å². The summed E-state index contributed by atoms with van der Waals surface area (Å²) in [5, 5.41) is 9.99. The van der Waals surface area contributed by atoms with Gasteiger partial charge in [0, 0.05) is 35.8 Å². The summed E-state index contributed by atoms with van der Waals surface area (Å²) in [6.07, 6.45) is 1.71. The van der Waals surface area contributed by atoms with Crippen molar-refractivity contribution in [1.29, 1.82) is 0 Å². The molecular weight excluding hydrogens is 290 g/mol. The normalized spacial score (nSPS) is 10.5. The fraction of sp³-hybridized carbons (Fsp3) is 0.105. The fourth-order valence-electron chi connectivity index (χ4n) is 2.38. The van der Waals surface area contributed by atoms with Crippen LogP contribution in [-0.2, 0) is 6.61 Å². The number of phenolic OH excluding ortho intramolecular Hbond substituents is 1. The summed E-state index contributed by atoms with van der Waals surface area (Å²) >= 11 is 0. The molecule has 0 radical (unpaired) electrons. The Bertz CT molecular complexity index is 869. The Labute approximate surface area is 134 Å². The topological polar surface area (TPSA) is 51.5 Å². The highest BCUT2D eigenvalue weighted by Gasteiger charge is 2.07. The monoisotopic (exact) mass is 307 g/mol. The van der Waals surface area contributed by atoms with Crippen LogP contribution in [0.25, 0.3) is 5.69 Å². The predicted molar refractivity (Wildman–Crippen MR) is 89.2 cm³/mol. The van der Waals surface area contributed by atoms with Gasteiger partial charge in [0.25, 0.3) is 0 Å². The van der Waals surface area contributed by atoms with E-state index in [1.165, 1.54) is 6.07 Å². The van der Waals surface area contributed by atoms with E-state index in [1.54, 1.807) is 30.5 Å². The lowest BCUT2D eigenvalue weighted by Gasteiger charge is -2.13. The van der Waals surface area contributed by atoms with Crippen LogP contribution in [0.5, 0.6) is 11.5 Å². The molecule has 0 bridgehead atoms. The summed E-state index contributed by atoms with van der Waals surface area (Å²) in [5.74, 6) is 0.493. The highest BCUT2D eigenvalue weighted by atomic mass is 16.5. The zero-order valence-corrected chi connectivity index (χ0v) is 12.8. The predicted octanol–water partition coefficient (Wildman–Crippen LogP) is 3.43. The van der Waals surface area contributed by atoms with Crippen LogP contribution in [0.4, 0.5) is 0 Å². The van der Waals surface area contributed by atoms with Crippen molar-refractivity contribution < 1.29 is 9.84 Å². The van der Waals surface area contributed by atoms with Crippen LogP contribution in [0.1, 0.15) is 11.3 Å². The summed E-state index contributed by atoms with van der Waals surface area (Å²) in [5.41, 5.74) is 2.63. The van der Waals surface area contributed by atoms with E-state index >= 15 is 0 Å². The maximum atomic E-state index is 11.4. The molecule has 0 atom stereocenters. The number of phenols is 1. The van der Waals surface area contributed by atoms with Crippen LogP contribution in [0.2, 0.25) is 0 Å². The van der Waals surface area contributed by atoms with Crippen molar-refractivity contribution in [3.63, 3.8) is 0 Å². The van der Waals surface area contributed by atoms with Crippen LogP contribution < -0.4 is 10.2 Å². The SMILES string of the molecule is Cc1cc(=O)ccn1-c1ccc(O)c(OCc2ccccc2)c1. The van der Waals surface area contributed by atoms with Crippen LogP contribution >= 0.6 is 0 Å². The van der Waals surface area contributed by atoms with E-state index in [0.29, 0.717) is 12.4 Å². The molecule has 1 heterocycles. The molecule has 4 heteroatoms. The smallest absolute Gasteiger partial charge is 0.181 e. The van der Waals surface area contributed by atoms with Crippen LogP contribution in [-0.4, -0.2) is 9.67 Å². The highest BCUT2D eigenvalue weighted by molar-refractivity contribution is 5.48. The largest absolute Gasteiger partial charge is 0.504 e. The third-order valence-corrected chi connectivity index (χ3v) is 3.58. The van der Waals surface area contributed by atoms with Crippen molar-refractivity contribution in [3.05, 3.63) is 88.3 Å². The fourth-order valence-corrected chi connectivity index (χ4v) is 2.38. The molecule has 0 saturated heterocycles. The van der Waals surface area contributed by atoms with Gasteiger partial charge in [0.2, 0.25) is 0 Å². The molecule has 0 aliphatic rings. The number of aromatic hydroxyl groups is 1. The molecule has 0 fully saturated rings. The zero-order valence-electron chi connectivity index (χ0n) is 12.8. The molecule has 3 rings (SSSR count). The van der Waals surface area contributed by atoms with E-state index in [2.05, 4.69) is 0 Å². The minimum Gasteiger partial charge on any atom is -0.504 e. The van der Waals surface area contributed by atoms with Gasteiger partial charge in [0.15, 0.2) is 16.9 Å². The van der Waals surface area contributed by atoms with Crippen LogP contribution in [0, 0.1) is 6.92 Å². The first-order valence-corrected chi connectivity index (χ1v) is 7.33. The van der Waals surface area contributed by atoms with Gasteiger partial charge in [-0.05, 0) is 24.6 Å². The van der Waals surface area contributed by atoms with Crippen LogP contribution in [0.15, 0.2) is 71.7 Å². The summed E-state index contributed by atoms with van der Waals surface area (Å²) in [4.78, 5) is 11.4. The first kappa shape index (κ1) is 14.9. The number of pyridine rings is 1. The first-order chi connectivity index (χ1) is 11.1. The minimum absolute atomic E-state index is 0.0296. The molecule has 3 aromatic rings. The molecule has 0 aliphatic heterocycles. The number of benzene rings is 2. The quantitative estimate of drug-likeness (QED) is 0.803. The Balaban J connectivity index is 1.88. The van der Waals surface area contributed by atoms with Crippen molar-refractivity contribution in [2.45, 2.75) is 13.5 Å². The summed E-state index contributed by atoms with van der Waals surface area (Å²) in [7, 11) is 0. The lowest BCUT2D eigenvalue weighted by atomic mass is 10.2. The molecule has 0 aliphatic carbocycles. The molecule has 0 unspecified atom stereocenters. The molecule has 116 valence electrons. The lowest BCUT2D eigenvalue weighted by molar-refractivity contribution is 0.289. The van der Waals surface area contributed by atoms with E-state index in [9.17, 15) is 9.90 Å². The molecule has 23 heavy (non-hydrogen) atoms. The Hall–Kier alpha value is -3.01. The summed E-state index contributed by atoms with van der Waals surface area (Å²) < 4.78 is 7.59. The number of hydrogen-bond donors (Lipinski definition) is 1. The molecule has 1 aromatic heterocycles. The maximum absolute atomic E-state index is 11.4. The first-order valence-electron chi connectivity index (χ1n) is 7.33. The van der Waals surface area contributed by atoms with Gasteiger partial charge < -0.3 is 14.4 Å². The van der Waals surface area contributed by atoms with Crippen LogP contribution in [0.3, 0.4) is 0 Å². The third kappa shape index (κ3) is 3.43. The summed E-state index contributed by atoms with van der Waals surface area (Å²) in [6, 6.07) is 18.0. The van der Waals surface area contributed by atoms with Crippen molar-refractivity contribution in [3.8, 4) is 17.2 Å². The molecule has 0 amide bonds. The second kappa shape index (κ2) is 6.40. The molecule has 0 saturated carbocycles. The Morgan fingerprint density at radius 2 is 1.83 bits per heavy atom. The van der Waals surface area contributed by atoms with Gasteiger partial charge >= 0.3 is 0 Å². The van der Waals surface area contributed by atoms with Gasteiger partial charge in [-0.25, -0.2) is 0 Å². The van der Waals surface area contributed by atoms with Crippen molar-refractivity contribution in [2.24, 2.45) is 0 Å². The Morgan fingerprint density at radius 1 is 1.04 bits per heavy atom. The van der Waals surface area contributed by atoms with Crippen molar-refractivity contribution >= 4 is 0 Å². The van der Waals surface area contributed by atoms with E-state index in [1.807, 2.05) is 41.8 Å². The van der Waals surface area contributed by atoms with Gasteiger partial charge in [0.1, 0.15) is 6.61 Å². The second-order valence-corrected chi connectivity index (χ2v) is 5.30. The molecule has 4 nitrogen and oxygen atoms in total. The van der Waals surface area contributed by atoms with Gasteiger partial charge in [-0.15, -0.1) is 0 Å². The number of hydrogen-bond acceptors (Lipinski definition) is 3. The van der Waals surface area contributed by atoms with Gasteiger partial charge in [-0.3, -0.25) is 4.79 Å². The molecule has 0 spiro atoms. The van der Waals surface area contributed by atoms with Crippen molar-refractivity contribution in [2.75, 3.05) is 0 Å². The molecule has 2 aromatic carbocycles. The maximum Gasteiger partial charge on any atom is 0.181 e. The number of nitrogens with zero attached hydrogens (tertiary/aromatic N) is 1. The average Bonchev–Trinajstić information content (AvgIpc) is 2.55. The number of ether oxygens (including phenoxy) is 1. The Morgan fingerprint density at radius 3 is 2.57 bits per heavy atom. The molecular formula is C19H17NO3. The van der Waals surface area contributed by atoms with E-state index in [4.69, 9.17) is 4.74 Å². The lowest BCUT2D eigenvalue weighted by Crippen LogP contribution is -2.07. The Kier molecular flexibility index (Phi) is 4.15. The van der Waals surface area contributed by atoms with Gasteiger partial charge in [-0.1, -0.05) is 30.3 Å². The average molecular weight is 307 g/mol. The summed E-state index contributed by atoms with van der Waals surface area (Å²) in [6.45, 7) is 2.24. The zero-order chi connectivity index (χ0) is 16.2. The molecule has 1 N–H and O–H groups in total. The van der Waals surface area contributed by atoms with E-state index in [-0.39, 0.29) is 11.2 Å². The third-order valence-electron chi connectivity index (χ3n) is 3.58. The second-order valence-electron chi connectivity index (χ2n) is 5.30. The standard InChI is InChI=1S/C19H17NO3/c1-14-11-17(21)9-10-20(14)16-7-8-18(22)19(12-16)23-13-15-5-3-2-4-6-15/h2-12,22H,13H2,1H3. The van der Waals surface area contributed by atoms with E-state index in [0.717, 1.165) is 16.9 Å². The highest BCUT2D eigenvalue weighted by Crippen LogP contribution is 2.29.